The van der Waals surface area contributed by atoms with Crippen molar-refractivity contribution < 1.29 is 9.30 Å². The van der Waals surface area contributed by atoms with Crippen LogP contribution < -0.4 is 9.47 Å². The maximum atomic E-state index is 5.52. The maximum absolute atomic E-state index is 5.52. The van der Waals surface area contributed by atoms with Gasteiger partial charge in [-0.15, -0.1) is 0 Å². The molecule has 0 radical (unpaired) electrons. The summed E-state index contributed by atoms with van der Waals surface area (Å²) in [5.41, 5.74) is 1.10. The van der Waals surface area contributed by atoms with Crippen molar-refractivity contribution in [2.45, 2.75) is 58.9 Å². The highest BCUT2D eigenvalue weighted by Crippen LogP contribution is 2.25. The topological polar surface area (TPSA) is 42.1 Å². The first-order valence-corrected chi connectivity index (χ1v) is 9.86. The lowest BCUT2D eigenvalue weighted by Crippen LogP contribution is -2.53. The molecule has 3 rings (SSSR count). The third kappa shape index (κ3) is 4.64. The predicted octanol–water partition coefficient (Wildman–Crippen LogP) is 3.24. The van der Waals surface area contributed by atoms with Gasteiger partial charge in [0, 0.05) is 13.1 Å². The molecule has 2 heterocycles. The molecule has 0 saturated carbocycles. The van der Waals surface area contributed by atoms with E-state index in [1.54, 1.807) is 0 Å². The van der Waals surface area contributed by atoms with E-state index in [1.807, 2.05) is 0 Å². The minimum atomic E-state index is -0.0846. The minimum absolute atomic E-state index is 0.0846. The van der Waals surface area contributed by atoms with Crippen LogP contribution in [0.3, 0.4) is 0 Å². The average molecular weight is 370 g/mol. The highest BCUT2D eigenvalue weighted by atomic mass is 16.5. The summed E-state index contributed by atoms with van der Waals surface area (Å²) < 4.78 is 7.84. The summed E-state index contributed by atoms with van der Waals surface area (Å²) in [5, 5.41) is 0. The monoisotopic (exact) mass is 369 g/mol. The summed E-state index contributed by atoms with van der Waals surface area (Å²) in [6.07, 6.45) is 0. The Hall–Kier alpha value is -2.01. The van der Waals surface area contributed by atoms with Crippen molar-refractivity contribution in [1.29, 1.82) is 0 Å². The number of morpholine rings is 1. The van der Waals surface area contributed by atoms with Gasteiger partial charge in [0.2, 0.25) is 11.6 Å². The number of aromatic nitrogens is 3. The number of hydrogen-bond acceptors (Lipinski definition) is 4. The van der Waals surface area contributed by atoms with Crippen LogP contribution in [-0.2, 0) is 22.1 Å². The number of nitrogens with zero attached hydrogens (tertiary/aromatic N) is 4. The van der Waals surface area contributed by atoms with Gasteiger partial charge in [-0.3, -0.25) is 0 Å². The van der Waals surface area contributed by atoms with Crippen LogP contribution in [0.5, 0.6) is 0 Å². The molecular weight excluding hydrogens is 336 g/mol. The molecule has 146 valence electrons. The highest BCUT2D eigenvalue weighted by Gasteiger charge is 2.37. The molecule has 1 aliphatic heterocycles. The molecule has 5 nitrogen and oxygen atoms in total. The zero-order valence-corrected chi connectivity index (χ0v) is 17.6. The van der Waals surface area contributed by atoms with Crippen molar-refractivity contribution in [3.63, 3.8) is 0 Å². The van der Waals surface area contributed by atoms with E-state index in [9.17, 15) is 0 Å². The van der Waals surface area contributed by atoms with E-state index in [0.29, 0.717) is 0 Å². The number of anilines is 1. The lowest BCUT2D eigenvalue weighted by Gasteiger charge is -2.28. The fraction of sp³-hybridized carbons (Fsp3) is 0.591. The maximum Gasteiger partial charge on any atom is 0.377 e. The lowest BCUT2D eigenvalue weighted by atomic mass is 9.92. The quantitative estimate of drug-likeness (QED) is 0.779. The number of ether oxygens (including phenoxy) is 1. The average Bonchev–Trinajstić information content (AvgIpc) is 2.61. The number of benzene rings is 1. The highest BCUT2D eigenvalue weighted by molar-refractivity contribution is 5.31. The second kappa shape index (κ2) is 7.55. The summed E-state index contributed by atoms with van der Waals surface area (Å²) in [5.74, 6) is 2.98. The molecule has 1 saturated heterocycles. The molecule has 0 spiro atoms. The normalized spacial score (nSPS) is 15.9. The number of hydrogen-bond donors (Lipinski definition) is 0. The van der Waals surface area contributed by atoms with Crippen LogP contribution in [0.2, 0.25) is 0 Å². The van der Waals surface area contributed by atoms with Gasteiger partial charge in [0.15, 0.2) is 0 Å². The predicted molar refractivity (Wildman–Crippen MR) is 108 cm³/mol. The molecule has 1 aromatic heterocycles. The second-order valence-corrected chi connectivity index (χ2v) is 9.34. The first kappa shape index (κ1) is 19.7. The Morgan fingerprint density at radius 3 is 1.89 bits per heavy atom. The Morgan fingerprint density at radius 2 is 1.41 bits per heavy atom. The van der Waals surface area contributed by atoms with Crippen LogP contribution in [-0.4, -0.2) is 36.3 Å². The van der Waals surface area contributed by atoms with Crippen molar-refractivity contribution >= 4 is 5.95 Å². The Balaban J connectivity index is 2.16. The van der Waals surface area contributed by atoms with E-state index in [0.717, 1.165) is 50.4 Å². The van der Waals surface area contributed by atoms with Crippen LogP contribution in [0, 0.1) is 0 Å². The number of rotatable bonds is 3. The van der Waals surface area contributed by atoms with E-state index >= 15 is 0 Å². The van der Waals surface area contributed by atoms with Crippen LogP contribution in [0.15, 0.2) is 30.3 Å². The molecule has 0 aliphatic carbocycles. The summed E-state index contributed by atoms with van der Waals surface area (Å²) in [6.45, 7) is 17.3. The van der Waals surface area contributed by atoms with E-state index in [1.165, 1.54) is 5.56 Å². The molecule has 0 amide bonds. The van der Waals surface area contributed by atoms with Crippen molar-refractivity contribution in [2.75, 3.05) is 31.2 Å². The van der Waals surface area contributed by atoms with Gasteiger partial charge in [0.25, 0.3) is 0 Å². The third-order valence-electron chi connectivity index (χ3n) is 4.74. The van der Waals surface area contributed by atoms with Gasteiger partial charge in [-0.1, -0.05) is 81.8 Å². The first-order valence-electron chi connectivity index (χ1n) is 9.86. The Labute approximate surface area is 163 Å². The van der Waals surface area contributed by atoms with Crippen LogP contribution >= 0.6 is 0 Å². The lowest BCUT2D eigenvalue weighted by molar-refractivity contribution is -0.715. The largest absolute Gasteiger partial charge is 0.378 e. The Bertz CT molecular complexity index is 734. The molecule has 0 atom stereocenters. The Morgan fingerprint density at radius 1 is 0.889 bits per heavy atom. The summed E-state index contributed by atoms with van der Waals surface area (Å²) in [7, 11) is 0. The fourth-order valence-corrected chi connectivity index (χ4v) is 3.40. The van der Waals surface area contributed by atoms with Crippen molar-refractivity contribution in [3.8, 4) is 0 Å². The van der Waals surface area contributed by atoms with Crippen molar-refractivity contribution in [2.24, 2.45) is 0 Å². The van der Waals surface area contributed by atoms with E-state index in [-0.39, 0.29) is 10.8 Å². The summed E-state index contributed by atoms with van der Waals surface area (Å²) >= 11 is 0. The molecule has 0 unspecified atom stereocenters. The fourth-order valence-electron chi connectivity index (χ4n) is 3.40. The minimum Gasteiger partial charge on any atom is -0.378 e. The molecular formula is C22H33N4O+. The van der Waals surface area contributed by atoms with Crippen molar-refractivity contribution in [3.05, 3.63) is 47.5 Å². The molecule has 27 heavy (non-hydrogen) atoms. The third-order valence-corrected chi connectivity index (χ3v) is 4.74. The van der Waals surface area contributed by atoms with E-state index in [2.05, 4.69) is 81.3 Å². The van der Waals surface area contributed by atoms with Crippen LogP contribution in [0.4, 0.5) is 5.95 Å². The van der Waals surface area contributed by atoms with Crippen molar-refractivity contribution in [1.82, 2.24) is 9.97 Å². The molecule has 1 aromatic carbocycles. The molecule has 5 heteroatoms. The molecule has 1 aliphatic rings. The summed E-state index contributed by atoms with van der Waals surface area (Å²) in [6, 6.07) is 10.6. The Kier molecular flexibility index (Phi) is 5.52. The van der Waals surface area contributed by atoms with Gasteiger partial charge in [0.1, 0.15) is 0 Å². The van der Waals surface area contributed by atoms with Gasteiger partial charge in [-0.2, -0.15) is 0 Å². The first-order chi connectivity index (χ1) is 12.7. The van der Waals surface area contributed by atoms with Gasteiger partial charge in [-0.25, -0.2) is 4.57 Å². The van der Waals surface area contributed by atoms with Gasteiger partial charge < -0.3 is 9.64 Å². The smallest absolute Gasteiger partial charge is 0.377 e. The van der Waals surface area contributed by atoms with Crippen LogP contribution in [0.25, 0.3) is 0 Å². The molecule has 0 bridgehead atoms. The second-order valence-electron chi connectivity index (χ2n) is 9.34. The van der Waals surface area contributed by atoms with Gasteiger partial charge >= 0.3 is 5.95 Å². The standard InChI is InChI=1S/C22H33N4O/c1-21(2,3)18-23-20(25-12-14-27-15-13-25)24-19(22(4,5)6)26(18)16-17-10-8-7-9-11-17/h7-11H,12-16H2,1-6H3/q+1. The SMILES string of the molecule is CC(C)(C)c1nc(N2CCOCC2)nc(C(C)(C)C)[n+]1Cc1ccccc1. The van der Waals surface area contributed by atoms with Gasteiger partial charge in [-0.05, 0) is 5.56 Å². The van der Waals surface area contributed by atoms with Crippen LogP contribution in [0.1, 0.15) is 58.8 Å². The van der Waals surface area contributed by atoms with Gasteiger partial charge in [0.05, 0.1) is 30.6 Å². The molecule has 1 fully saturated rings. The summed E-state index contributed by atoms with van der Waals surface area (Å²) in [4.78, 5) is 12.4. The van der Waals surface area contributed by atoms with E-state index < -0.39 is 0 Å². The zero-order chi connectivity index (χ0) is 19.7. The molecule has 2 aromatic rings. The van der Waals surface area contributed by atoms with E-state index in [4.69, 9.17) is 14.7 Å². The zero-order valence-electron chi connectivity index (χ0n) is 17.6. The molecule has 0 N–H and O–H groups in total.